The van der Waals surface area contributed by atoms with Crippen LogP contribution in [0.1, 0.15) is 17.5 Å². The maximum atomic E-state index is 12.8. The molecule has 0 bridgehead atoms. The Morgan fingerprint density at radius 2 is 2.00 bits per heavy atom. The van der Waals surface area contributed by atoms with E-state index in [4.69, 9.17) is 10.5 Å². The zero-order chi connectivity index (χ0) is 15.3. The first-order valence-electron chi connectivity index (χ1n) is 6.00. The van der Waals surface area contributed by atoms with Gasteiger partial charge in [-0.05, 0) is 38.7 Å². The molecule has 112 valence electrons. The largest absolute Gasteiger partial charge is 0.494 e. The molecule has 0 saturated heterocycles. The van der Waals surface area contributed by atoms with E-state index in [1.165, 1.54) is 12.1 Å². The number of ether oxygens (including phenoxy) is 1. The van der Waals surface area contributed by atoms with Gasteiger partial charge < -0.3 is 15.4 Å². The van der Waals surface area contributed by atoms with Crippen molar-refractivity contribution in [3.05, 3.63) is 29.3 Å². The predicted molar refractivity (Wildman–Crippen MR) is 76.0 cm³/mol. The third kappa shape index (κ3) is 4.97. The van der Waals surface area contributed by atoms with Gasteiger partial charge in [0.25, 0.3) is 0 Å². The molecule has 7 heteroatoms. The molecule has 0 amide bonds. The van der Waals surface area contributed by atoms with E-state index in [0.29, 0.717) is 12.4 Å². The molecule has 0 saturated carbocycles. The Morgan fingerprint density at radius 1 is 1.35 bits per heavy atom. The van der Waals surface area contributed by atoms with Gasteiger partial charge >= 0.3 is 6.18 Å². The second-order valence-electron chi connectivity index (χ2n) is 4.57. The van der Waals surface area contributed by atoms with Crippen molar-refractivity contribution in [1.29, 1.82) is 0 Å². The number of rotatable bonds is 6. The van der Waals surface area contributed by atoms with E-state index in [0.717, 1.165) is 19.0 Å². The van der Waals surface area contributed by atoms with E-state index >= 15 is 0 Å². The quantitative estimate of drug-likeness (QED) is 0.648. The van der Waals surface area contributed by atoms with Crippen LogP contribution in [-0.2, 0) is 6.18 Å². The first-order valence-corrected chi connectivity index (χ1v) is 6.41. The lowest BCUT2D eigenvalue weighted by atomic mass is 10.1. The van der Waals surface area contributed by atoms with Crippen LogP contribution >= 0.6 is 12.2 Å². The Balaban J connectivity index is 2.81. The standard InChI is InChI=1S/C13H17F3N2OS/c1-18(2)6-3-7-19-9-4-5-11(13(14,15)16)10(8-9)12(17)20/h4-5,8H,3,6-7H2,1-2H3,(H2,17,20). The number of benzene rings is 1. The molecule has 2 N–H and O–H groups in total. The monoisotopic (exact) mass is 306 g/mol. The molecule has 0 aliphatic carbocycles. The van der Waals surface area contributed by atoms with Gasteiger partial charge in [-0.15, -0.1) is 0 Å². The van der Waals surface area contributed by atoms with Crippen molar-refractivity contribution in [3.8, 4) is 5.75 Å². The van der Waals surface area contributed by atoms with Gasteiger partial charge in [0.15, 0.2) is 0 Å². The van der Waals surface area contributed by atoms with E-state index in [-0.39, 0.29) is 10.6 Å². The molecule has 0 aliphatic heterocycles. The van der Waals surface area contributed by atoms with Gasteiger partial charge in [-0.2, -0.15) is 13.2 Å². The average Bonchev–Trinajstić information content (AvgIpc) is 2.33. The normalized spacial score (nSPS) is 11.7. The van der Waals surface area contributed by atoms with Crippen LogP contribution in [0.15, 0.2) is 18.2 Å². The van der Waals surface area contributed by atoms with Gasteiger partial charge in [-0.3, -0.25) is 0 Å². The zero-order valence-corrected chi connectivity index (χ0v) is 12.1. The van der Waals surface area contributed by atoms with E-state index in [1.54, 1.807) is 0 Å². The van der Waals surface area contributed by atoms with Crippen molar-refractivity contribution < 1.29 is 17.9 Å². The molecule has 0 fully saturated rings. The van der Waals surface area contributed by atoms with E-state index in [2.05, 4.69) is 12.2 Å². The maximum absolute atomic E-state index is 12.8. The third-order valence-electron chi connectivity index (χ3n) is 2.58. The van der Waals surface area contributed by atoms with Crippen LogP contribution < -0.4 is 10.5 Å². The second-order valence-corrected chi connectivity index (χ2v) is 5.01. The molecular formula is C13H17F3N2OS. The van der Waals surface area contributed by atoms with Crippen molar-refractivity contribution in [2.75, 3.05) is 27.2 Å². The van der Waals surface area contributed by atoms with Gasteiger partial charge in [0.2, 0.25) is 0 Å². The van der Waals surface area contributed by atoms with Gasteiger partial charge in [-0.1, -0.05) is 12.2 Å². The van der Waals surface area contributed by atoms with Crippen molar-refractivity contribution in [3.63, 3.8) is 0 Å². The van der Waals surface area contributed by atoms with Crippen molar-refractivity contribution in [1.82, 2.24) is 4.90 Å². The van der Waals surface area contributed by atoms with Crippen molar-refractivity contribution in [2.24, 2.45) is 5.73 Å². The molecular weight excluding hydrogens is 289 g/mol. The Hall–Kier alpha value is -1.34. The molecule has 1 aromatic rings. The van der Waals surface area contributed by atoms with Crippen LogP contribution in [-0.4, -0.2) is 37.1 Å². The first kappa shape index (κ1) is 16.7. The van der Waals surface area contributed by atoms with Crippen molar-refractivity contribution >= 4 is 17.2 Å². The van der Waals surface area contributed by atoms with Crippen LogP contribution in [0.2, 0.25) is 0 Å². The van der Waals surface area contributed by atoms with Crippen LogP contribution in [0, 0.1) is 0 Å². The van der Waals surface area contributed by atoms with Crippen LogP contribution in [0.25, 0.3) is 0 Å². The summed E-state index contributed by atoms with van der Waals surface area (Å²) < 4.78 is 43.7. The molecule has 0 heterocycles. The SMILES string of the molecule is CN(C)CCCOc1ccc(C(F)(F)F)c(C(N)=S)c1. The minimum atomic E-state index is -4.48. The highest BCUT2D eigenvalue weighted by Gasteiger charge is 2.34. The molecule has 0 spiro atoms. The Morgan fingerprint density at radius 3 is 2.50 bits per heavy atom. The summed E-state index contributed by atoms with van der Waals surface area (Å²) >= 11 is 4.66. The first-order chi connectivity index (χ1) is 9.21. The fourth-order valence-corrected chi connectivity index (χ4v) is 1.80. The molecule has 1 aromatic carbocycles. The number of nitrogens with two attached hydrogens (primary N) is 1. The van der Waals surface area contributed by atoms with Gasteiger partial charge in [-0.25, -0.2) is 0 Å². The molecule has 1 rings (SSSR count). The minimum absolute atomic E-state index is 0.211. The third-order valence-corrected chi connectivity index (χ3v) is 2.80. The number of thiocarbonyl (C=S) groups is 1. The molecule has 3 nitrogen and oxygen atoms in total. The van der Waals surface area contributed by atoms with Gasteiger partial charge in [0, 0.05) is 12.1 Å². The zero-order valence-electron chi connectivity index (χ0n) is 11.3. The minimum Gasteiger partial charge on any atom is -0.494 e. The topological polar surface area (TPSA) is 38.5 Å². The Labute approximate surface area is 121 Å². The molecule has 0 unspecified atom stereocenters. The highest BCUT2D eigenvalue weighted by molar-refractivity contribution is 7.80. The lowest BCUT2D eigenvalue weighted by molar-refractivity contribution is -0.137. The van der Waals surface area contributed by atoms with Crippen molar-refractivity contribution in [2.45, 2.75) is 12.6 Å². The lowest BCUT2D eigenvalue weighted by Crippen LogP contribution is -2.18. The van der Waals surface area contributed by atoms with Gasteiger partial charge in [0.1, 0.15) is 10.7 Å². The smallest absolute Gasteiger partial charge is 0.417 e. The van der Waals surface area contributed by atoms with Crippen LogP contribution in [0.3, 0.4) is 0 Å². The lowest BCUT2D eigenvalue weighted by Gasteiger charge is -2.14. The summed E-state index contributed by atoms with van der Waals surface area (Å²) in [5.41, 5.74) is 4.29. The molecule has 0 aromatic heterocycles. The summed E-state index contributed by atoms with van der Waals surface area (Å²) in [5.74, 6) is 0.333. The van der Waals surface area contributed by atoms with E-state index < -0.39 is 11.7 Å². The predicted octanol–water partition coefficient (Wildman–Crippen LogP) is 2.67. The molecule has 0 radical (unpaired) electrons. The van der Waals surface area contributed by atoms with E-state index in [9.17, 15) is 13.2 Å². The molecule has 0 atom stereocenters. The fraction of sp³-hybridized carbons (Fsp3) is 0.462. The number of halogens is 3. The summed E-state index contributed by atoms with van der Waals surface area (Å²) in [4.78, 5) is 1.70. The van der Waals surface area contributed by atoms with E-state index in [1.807, 2.05) is 19.0 Å². The van der Waals surface area contributed by atoms with Crippen LogP contribution in [0.5, 0.6) is 5.75 Å². The summed E-state index contributed by atoms with van der Waals surface area (Å²) in [7, 11) is 3.87. The average molecular weight is 306 g/mol. The Kier molecular flexibility index (Phi) is 5.76. The number of hydrogen-bond donors (Lipinski definition) is 1. The molecule has 0 aliphatic rings. The molecule has 20 heavy (non-hydrogen) atoms. The van der Waals surface area contributed by atoms with Gasteiger partial charge in [0.05, 0.1) is 12.2 Å². The second kappa shape index (κ2) is 6.90. The highest BCUT2D eigenvalue weighted by Crippen LogP contribution is 2.33. The Bertz CT molecular complexity index is 475. The maximum Gasteiger partial charge on any atom is 0.417 e. The highest BCUT2D eigenvalue weighted by atomic mass is 32.1. The van der Waals surface area contributed by atoms with Crippen LogP contribution in [0.4, 0.5) is 13.2 Å². The summed E-state index contributed by atoms with van der Waals surface area (Å²) in [6, 6.07) is 3.46. The summed E-state index contributed by atoms with van der Waals surface area (Å²) in [6.45, 7) is 1.25. The number of nitrogens with zero attached hydrogens (tertiary/aromatic N) is 1. The summed E-state index contributed by atoms with van der Waals surface area (Å²) in [6.07, 6.45) is -3.71. The number of alkyl halides is 3. The fourth-order valence-electron chi connectivity index (χ4n) is 1.63. The summed E-state index contributed by atoms with van der Waals surface area (Å²) in [5, 5.41) is 0. The number of hydrogen-bond acceptors (Lipinski definition) is 3.